The molecule has 1 nitrogen and oxygen atoms in total. The molecule has 0 radical (unpaired) electrons. The third-order valence-corrected chi connectivity index (χ3v) is 3.30. The van der Waals surface area contributed by atoms with Gasteiger partial charge in [-0.3, -0.25) is 0 Å². The highest BCUT2D eigenvalue weighted by molar-refractivity contribution is 6.30. The van der Waals surface area contributed by atoms with Gasteiger partial charge in [0, 0.05) is 10.6 Å². The fraction of sp³-hybridized carbons (Fsp3) is 0.455. The van der Waals surface area contributed by atoms with E-state index in [-0.39, 0.29) is 10.6 Å². The molecule has 0 aromatic heterocycles. The minimum Gasteiger partial charge on any atom is -0.321 e. The van der Waals surface area contributed by atoms with E-state index in [2.05, 4.69) is 0 Å². The van der Waals surface area contributed by atoms with E-state index in [9.17, 15) is 13.2 Å². The van der Waals surface area contributed by atoms with Crippen LogP contribution in [0, 0.1) is 0 Å². The molecule has 2 rings (SSSR count). The highest BCUT2D eigenvalue weighted by atomic mass is 35.5. The molecule has 1 aliphatic carbocycles. The van der Waals surface area contributed by atoms with Crippen LogP contribution in [0.2, 0.25) is 5.02 Å². The van der Waals surface area contributed by atoms with E-state index in [4.69, 9.17) is 17.3 Å². The second-order valence-corrected chi connectivity index (χ2v) is 4.63. The van der Waals surface area contributed by atoms with Crippen LogP contribution in [0.4, 0.5) is 13.2 Å². The number of alkyl halides is 3. The molecule has 1 fully saturated rings. The van der Waals surface area contributed by atoms with Crippen molar-refractivity contribution in [3.63, 3.8) is 0 Å². The number of nitrogens with two attached hydrogens (primary N) is 1. The maximum absolute atomic E-state index is 12.8. The quantitative estimate of drug-likeness (QED) is 0.807. The first kappa shape index (κ1) is 11.7. The molecule has 0 heterocycles. The summed E-state index contributed by atoms with van der Waals surface area (Å²) < 4.78 is 38.4. The summed E-state index contributed by atoms with van der Waals surface area (Å²) in [6.45, 7) is 0. The molecule has 5 heteroatoms. The highest BCUT2D eigenvalue weighted by Crippen LogP contribution is 2.45. The van der Waals surface area contributed by atoms with Gasteiger partial charge in [-0.15, -0.1) is 0 Å². The average Bonchev–Trinajstić information content (AvgIpc) is 2.13. The van der Waals surface area contributed by atoms with Crippen LogP contribution in [0.25, 0.3) is 0 Å². The summed E-state index contributed by atoms with van der Waals surface area (Å²) in [4.78, 5) is 0. The monoisotopic (exact) mass is 249 g/mol. The van der Waals surface area contributed by atoms with Crippen molar-refractivity contribution in [1.29, 1.82) is 0 Å². The van der Waals surface area contributed by atoms with E-state index >= 15 is 0 Å². The molecule has 0 bridgehead atoms. The van der Waals surface area contributed by atoms with Crippen molar-refractivity contribution in [2.24, 2.45) is 5.73 Å². The maximum atomic E-state index is 12.8. The van der Waals surface area contributed by atoms with Gasteiger partial charge in [-0.1, -0.05) is 17.7 Å². The SMILES string of the molecule is NC1(c2ccc(Cl)cc2C(F)(F)F)CCC1. The third kappa shape index (κ3) is 1.92. The van der Waals surface area contributed by atoms with Crippen molar-refractivity contribution in [2.45, 2.75) is 31.0 Å². The number of halogens is 4. The lowest BCUT2D eigenvalue weighted by molar-refractivity contribution is -0.139. The van der Waals surface area contributed by atoms with Crippen molar-refractivity contribution in [1.82, 2.24) is 0 Å². The van der Waals surface area contributed by atoms with Crippen LogP contribution in [0.3, 0.4) is 0 Å². The Morgan fingerprint density at radius 2 is 1.88 bits per heavy atom. The zero-order chi connectivity index (χ0) is 12.0. The topological polar surface area (TPSA) is 26.0 Å². The first-order valence-corrected chi connectivity index (χ1v) is 5.37. The Morgan fingerprint density at radius 1 is 1.25 bits per heavy atom. The molecular formula is C11H11ClF3N. The number of hydrogen-bond acceptors (Lipinski definition) is 1. The normalized spacial score (nSPS) is 19.3. The van der Waals surface area contributed by atoms with Gasteiger partial charge in [0.25, 0.3) is 0 Å². The Labute approximate surface area is 96.4 Å². The Hall–Kier alpha value is -0.740. The summed E-state index contributed by atoms with van der Waals surface area (Å²) in [6, 6.07) is 3.80. The van der Waals surface area contributed by atoms with Gasteiger partial charge in [-0.2, -0.15) is 13.2 Å². The molecule has 16 heavy (non-hydrogen) atoms. The minimum atomic E-state index is -4.40. The highest BCUT2D eigenvalue weighted by Gasteiger charge is 2.42. The van der Waals surface area contributed by atoms with E-state index in [1.54, 1.807) is 0 Å². The van der Waals surface area contributed by atoms with Gasteiger partial charge in [0.1, 0.15) is 0 Å². The van der Waals surface area contributed by atoms with E-state index in [0.29, 0.717) is 12.8 Å². The standard InChI is InChI=1S/C11H11ClF3N/c12-7-2-3-8(10(16)4-1-5-10)9(6-7)11(13,14)15/h2-3,6H,1,4-5,16H2. The summed E-state index contributed by atoms with van der Waals surface area (Å²) in [5.74, 6) is 0. The molecule has 1 saturated carbocycles. The maximum Gasteiger partial charge on any atom is 0.416 e. The predicted octanol–water partition coefficient (Wildman–Crippen LogP) is 3.70. The van der Waals surface area contributed by atoms with Gasteiger partial charge in [0.05, 0.1) is 5.56 Å². The molecule has 0 amide bonds. The molecule has 0 spiro atoms. The van der Waals surface area contributed by atoms with Gasteiger partial charge in [0.2, 0.25) is 0 Å². The number of hydrogen-bond donors (Lipinski definition) is 1. The molecule has 2 N–H and O–H groups in total. The predicted molar refractivity (Wildman–Crippen MR) is 56.2 cm³/mol. The van der Waals surface area contributed by atoms with Gasteiger partial charge in [-0.25, -0.2) is 0 Å². The molecular weight excluding hydrogens is 239 g/mol. The smallest absolute Gasteiger partial charge is 0.321 e. The average molecular weight is 250 g/mol. The van der Waals surface area contributed by atoms with Crippen molar-refractivity contribution < 1.29 is 13.2 Å². The molecule has 0 unspecified atom stereocenters. The van der Waals surface area contributed by atoms with Gasteiger partial charge in [-0.05, 0) is 37.0 Å². The molecule has 0 aliphatic heterocycles. The lowest BCUT2D eigenvalue weighted by Gasteiger charge is -2.40. The van der Waals surface area contributed by atoms with Crippen LogP contribution in [-0.4, -0.2) is 0 Å². The van der Waals surface area contributed by atoms with Gasteiger partial charge >= 0.3 is 6.18 Å². The summed E-state index contributed by atoms with van der Waals surface area (Å²) in [5.41, 5.74) is 4.56. The minimum absolute atomic E-state index is 0.0824. The van der Waals surface area contributed by atoms with Crippen LogP contribution in [0.15, 0.2) is 18.2 Å². The second kappa shape index (κ2) is 3.64. The second-order valence-electron chi connectivity index (χ2n) is 4.20. The summed E-state index contributed by atoms with van der Waals surface area (Å²) in [7, 11) is 0. The van der Waals surface area contributed by atoms with Crippen LogP contribution in [0.5, 0.6) is 0 Å². The molecule has 0 saturated heterocycles. The Kier molecular flexibility index (Phi) is 2.67. The van der Waals surface area contributed by atoms with Gasteiger partial charge < -0.3 is 5.73 Å². The molecule has 88 valence electrons. The number of rotatable bonds is 1. The Bertz CT molecular complexity index is 410. The lowest BCUT2D eigenvalue weighted by Crippen LogP contribution is -2.44. The largest absolute Gasteiger partial charge is 0.416 e. The molecule has 1 aromatic rings. The third-order valence-electron chi connectivity index (χ3n) is 3.07. The summed E-state index contributed by atoms with van der Waals surface area (Å²) in [5, 5.41) is 0.0824. The van der Waals surface area contributed by atoms with E-state index in [1.165, 1.54) is 12.1 Å². The molecule has 1 aromatic carbocycles. The molecule has 0 atom stereocenters. The summed E-state index contributed by atoms with van der Waals surface area (Å²) >= 11 is 5.59. The molecule has 1 aliphatic rings. The Morgan fingerprint density at radius 3 is 2.31 bits per heavy atom. The van der Waals surface area contributed by atoms with Crippen molar-refractivity contribution in [3.05, 3.63) is 34.3 Å². The van der Waals surface area contributed by atoms with Crippen LogP contribution >= 0.6 is 11.6 Å². The van der Waals surface area contributed by atoms with Crippen LogP contribution in [-0.2, 0) is 11.7 Å². The number of benzene rings is 1. The van der Waals surface area contributed by atoms with E-state index in [1.807, 2.05) is 0 Å². The van der Waals surface area contributed by atoms with Crippen LogP contribution in [0.1, 0.15) is 30.4 Å². The van der Waals surface area contributed by atoms with E-state index in [0.717, 1.165) is 12.5 Å². The summed E-state index contributed by atoms with van der Waals surface area (Å²) in [6.07, 6.45) is -2.34. The fourth-order valence-corrected chi connectivity index (χ4v) is 2.18. The Balaban J connectivity index is 2.52. The van der Waals surface area contributed by atoms with E-state index < -0.39 is 17.3 Å². The zero-order valence-electron chi connectivity index (χ0n) is 8.44. The van der Waals surface area contributed by atoms with Crippen molar-refractivity contribution in [3.8, 4) is 0 Å². The van der Waals surface area contributed by atoms with Crippen molar-refractivity contribution >= 4 is 11.6 Å². The zero-order valence-corrected chi connectivity index (χ0v) is 9.20. The fourth-order valence-electron chi connectivity index (χ4n) is 2.01. The first-order valence-electron chi connectivity index (χ1n) is 4.99. The lowest BCUT2D eigenvalue weighted by atomic mass is 9.71. The van der Waals surface area contributed by atoms with Gasteiger partial charge in [0.15, 0.2) is 0 Å². The van der Waals surface area contributed by atoms with Crippen LogP contribution < -0.4 is 5.73 Å². The van der Waals surface area contributed by atoms with Crippen molar-refractivity contribution in [2.75, 3.05) is 0 Å². The first-order chi connectivity index (χ1) is 7.33.